The van der Waals surface area contributed by atoms with Gasteiger partial charge in [0.05, 0.1) is 10.4 Å². The van der Waals surface area contributed by atoms with Crippen LogP contribution in [0.4, 0.5) is 0 Å². The zero-order valence-corrected chi connectivity index (χ0v) is 17.0. The highest BCUT2D eigenvalue weighted by Gasteiger charge is 2.47. The largest absolute Gasteiger partial charge is 0.264 e. The lowest BCUT2D eigenvalue weighted by atomic mass is 9.68. The molecule has 1 atom stereocenters. The fourth-order valence-electron chi connectivity index (χ4n) is 5.10. The van der Waals surface area contributed by atoms with E-state index in [2.05, 4.69) is 89.9 Å². The molecule has 142 valence electrons. The normalized spacial score (nSPS) is 17.0. The van der Waals surface area contributed by atoms with Crippen molar-refractivity contribution in [1.82, 2.24) is 4.98 Å². The van der Waals surface area contributed by atoms with Gasteiger partial charge in [-0.15, -0.1) is 0 Å². The maximum absolute atomic E-state index is 7.10. The first-order chi connectivity index (χ1) is 14.8. The molecule has 5 aromatic rings. The number of rotatable bonds is 2. The van der Waals surface area contributed by atoms with E-state index < -0.39 is 5.41 Å². The number of benzene rings is 4. The Labute approximate surface area is 180 Å². The summed E-state index contributed by atoms with van der Waals surface area (Å²) in [7, 11) is 0. The molecule has 4 aromatic carbocycles. The smallest absolute Gasteiger partial charge is 0.0729 e. The summed E-state index contributed by atoms with van der Waals surface area (Å²) in [6.45, 7) is 0. The second-order valence-electron chi connectivity index (χ2n) is 7.74. The third-order valence-electron chi connectivity index (χ3n) is 6.29. The first kappa shape index (κ1) is 17.4. The quantitative estimate of drug-likeness (QED) is 0.296. The topological polar surface area (TPSA) is 12.9 Å². The van der Waals surface area contributed by atoms with Gasteiger partial charge in [-0.3, -0.25) is 4.98 Å². The van der Waals surface area contributed by atoms with Gasteiger partial charge in [0, 0.05) is 23.3 Å². The Morgan fingerprint density at radius 3 is 2.23 bits per heavy atom. The van der Waals surface area contributed by atoms with E-state index in [0.29, 0.717) is 0 Å². The van der Waals surface area contributed by atoms with Gasteiger partial charge >= 0.3 is 0 Å². The van der Waals surface area contributed by atoms with Crippen LogP contribution in [0.1, 0.15) is 22.3 Å². The van der Waals surface area contributed by atoms with Gasteiger partial charge in [-0.2, -0.15) is 0 Å². The third kappa shape index (κ3) is 2.21. The van der Waals surface area contributed by atoms with Gasteiger partial charge in [-0.05, 0) is 45.3 Å². The molecule has 1 aromatic heterocycles. The van der Waals surface area contributed by atoms with E-state index in [-0.39, 0.29) is 0 Å². The Bertz CT molecular complexity index is 1350. The average molecular weight is 404 g/mol. The molecule has 6 rings (SSSR count). The average Bonchev–Trinajstić information content (AvgIpc) is 3.11. The predicted octanol–water partition coefficient (Wildman–Crippen LogP) is 7.25. The van der Waals surface area contributed by atoms with E-state index in [1.165, 1.54) is 22.3 Å². The summed E-state index contributed by atoms with van der Waals surface area (Å²) in [6, 6.07) is 34.2. The van der Waals surface area contributed by atoms with Crippen LogP contribution in [-0.4, -0.2) is 4.98 Å². The molecule has 0 N–H and O–H groups in total. The SMILES string of the molecule is Clc1c2c(cc3ccccc13)C(c1ccccc1)(c1cccnc1)c1ccccc1-2. The molecule has 1 aliphatic rings. The number of nitrogens with zero attached hydrogens (tertiary/aromatic N) is 1. The number of halogens is 1. The van der Waals surface area contributed by atoms with Gasteiger partial charge < -0.3 is 0 Å². The third-order valence-corrected chi connectivity index (χ3v) is 6.68. The van der Waals surface area contributed by atoms with E-state index >= 15 is 0 Å². The Morgan fingerprint density at radius 2 is 1.40 bits per heavy atom. The molecule has 1 aliphatic carbocycles. The molecular formula is C28H18ClN. The van der Waals surface area contributed by atoms with Crippen LogP contribution in [0.15, 0.2) is 109 Å². The Kier molecular flexibility index (Phi) is 3.81. The monoisotopic (exact) mass is 403 g/mol. The van der Waals surface area contributed by atoms with Crippen molar-refractivity contribution in [2.45, 2.75) is 5.41 Å². The second-order valence-corrected chi connectivity index (χ2v) is 8.12. The molecule has 0 saturated heterocycles. The molecule has 1 unspecified atom stereocenters. The molecule has 0 saturated carbocycles. The molecular weight excluding hydrogens is 386 g/mol. The zero-order valence-electron chi connectivity index (χ0n) is 16.2. The Morgan fingerprint density at radius 1 is 0.667 bits per heavy atom. The minimum Gasteiger partial charge on any atom is -0.264 e. The number of fused-ring (bicyclic) bond motifs is 4. The van der Waals surface area contributed by atoms with E-state index in [0.717, 1.165) is 26.9 Å². The number of aromatic nitrogens is 1. The summed E-state index contributed by atoms with van der Waals surface area (Å²) in [5.74, 6) is 0. The molecule has 0 fully saturated rings. The maximum atomic E-state index is 7.10. The van der Waals surface area contributed by atoms with Crippen molar-refractivity contribution in [3.05, 3.63) is 137 Å². The van der Waals surface area contributed by atoms with Crippen LogP contribution in [0.5, 0.6) is 0 Å². The van der Waals surface area contributed by atoms with Crippen LogP contribution < -0.4 is 0 Å². The fourth-order valence-corrected chi connectivity index (χ4v) is 5.47. The highest BCUT2D eigenvalue weighted by Crippen LogP contribution is 2.58. The molecule has 1 heterocycles. The lowest BCUT2D eigenvalue weighted by molar-refractivity contribution is 0.764. The number of pyridine rings is 1. The van der Waals surface area contributed by atoms with Crippen molar-refractivity contribution < 1.29 is 0 Å². The van der Waals surface area contributed by atoms with Gasteiger partial charge in [0.15, 0.2) is 0 Å². The Balaban J connectivity index is 1.86. The molecule has 0 amide bonds. The fraction of sp³-hybridized carbons (Fsp3) is 0.0357. The van der Waals surface area contributed by atoms with E-state index in [1.807, 2.05) is 24.5 Å². The molecule has 0 spiro atoms. The molecule has 0 aliphatic heterocycles. The first-order valence-electron chi connectivity index (χ1n) is 10.1. The lowest BCUT2D eigenvalue weighted by Gasteiger charge is -2.33. The summed E-state index contributed by atoms with van der Waals surface area (Å²) < 4.78 is 0. The molecule has 0 bridgehead atoms. The van der Waals surface area contributed by atoms with Gasteiger partial charge in [-0.25, -0.2) is 0 Å². The van der Waals surface area contributed by atoms with Crippen LogP contribution in [0.25, 0.3) is 21.9 Å². The minimum absolute atomic E-state index is 0.463. The van der Waals surface area contributed by atoms with Crippen molar-refractivity contribution in [2.24, 2.45) is 0 Å². The summed E-state index contributed by atoms with van der Waals surface area (Å²) in [6.07, 6.45) is 3.82. The second kappa shape index (κ2) is 6.55. The van der Waals surface area contributed by atoms with E-state index in [9.17, 15) is 0 Å². The molecule has 1 nitrogen and oxygen atoms in total. The van der Waals surface area contributed by atoms with Crippen molar-refractivity contribution in [1.29, 1.82) is 0 Å². The molecule has 2 heteroatoms. The summed E-state index contributed by atoms with van der Waals surface area (Å²) >= 11 is 7.10. The van der Waals surface area contributed by atoms with Gasteiger partial charge in [0.2, 0.25) is 0 Å². The maximum Gasteiger partial charge on any atom is 0.0729 e. The van der Waals surface area contributed by atoms with Crippen LogP contribution >= 0.6 is 11.6 Å². The van der Waals surface area contributed by atoms with Crippen LogP contribution in [-0.2, 0) is 5.41 Å². The highest BCUT2D eigenvalue weighted by molar-refractivity contribution is 6.39. The van der Waals surface area contributed by atoms with E-state index in [4.69, 9.17) is 11.6 Å². The van der Waals surface area contributed by atoms with Crippen LogP contribution in [0.3, 0.4) is 0 Å². The van der Waals surface area contributed by atoms with Gasteiger partial charge in [0.25, 0.3) is 0 Å². The molecule has 0 radical (unpaired) electrons. The summed E-state index contributed by atoms with van der Waals surface area (Å²) in [4.78, 5) is 4.50. The minimum atomic E-state index is -0.463. The van der Waals surface area contributed by atoms with Crippen molar-refractivity contribution in [3.63, 3.8) is 0 Å². The van der Waals surface area contributed by atoms with Crippen LogP contribution in [0, 0.1) is 0 Å². The van der Waals surface area contributed by atoms with Crippen LogP contribution in [0.2, 0.25) is 5.02 Å². The predicted molar refractivity (Wildman–Crippen MR) is 124 cm³/mol. The van der Waals surface area contributed by atoms with Gasteiger partial charge in [-0.1, -0.05) is 96.5 Å². The van der Waals surface area contributed by atoms with Gasteiger partial charge in [0.1, 0.15) is 0 Å². The van der Waals surface area contributed by atoms with Crippen molar-refractivity contribution >= 4 is 22.4 Å². The summed E-state index contributed by atoms with van der Waals surface area (Å²) in [5.41, 5.74) is 6.68. The summed E-state index contributed by atoms with van der Waals surface area (Å²) in [5, 5.41) is 3.05. The van der Waals surface area contributed by atoms with Crippen molar-refractivity contribution in [2.75, 3.05) is 0 Å². The van der Waals surface area contributed by atoms with E-state index in [1.54, 1.807) is 0 Å². The lowest BCUT2D eigenvalue weighted by Crippen LogP contribution is -2.28. The first-order valence-corrected chi connectivity index (χ1v) is 10.5. The van der Waals surface area contributed by atoms with Crippen molar-refractivity contribution in [3.8, 4) is 11.1 Å². The highest BCUT2D eigenvalue weighted by atomic mass is 35.5. The Hall–Kier alpha value is -3.42. The standard InChI is InChI=1S/C28H18ClN/c29-27-22-13-5-4-9-19(22)17-25-26(27)23-14-6-7-15-24(23)28(25,20-10-2-1-3-11-20)21-12-8-16-30-18-21/h1-18H. The number of hydrogen-bond acceptors (Lipinski definition) is 1. The number of hydrogen-bond donors (Lipinski definition) is 0. The molecule has 30 heavy (non-hydrogen) atoms. The zero-order chi connectivity index (χ0) is 20.1.